The van der Waals surface area contributed by atoms with Crippen LogP contribution >= 0.6 is 0 Å². The molecule has 35 heavy (non-hydrogen) atoms. The fourth-order valence-electron chi connectivity index (χ4n) is 4.16. The third kappa shape index (κ3) is 5.22. The zero-order chi connectivity index (χ0) is 26.2. The molecule has 0 amide bonds. The second-order valence-electron chi connectivity index (χ2n) is 8.47. The van der Waals surface area contributed by atoms with Crippen LogP contribution in [0.2, 0.25) is 0 Å². The molecular formula is C21H30O14. The number of rotatable bonds is 6. The van der Waals surface area contributed by atoms with Crippen molar-refractivity contribution in [3.63, 3.8) is 0 Å². The third-order valence-corrected chi connectivity index (χ3v) is 6.14. The summed E-state index contributed by atoms with van der Waals surface area (Å²) in [6.07, 6.45) is -20.0. The number of carbonyl (C=O) groups excluding carboxylic acids is 1. The number of methoxy groups -OCH3 is 1. The van der Waals surface area contributed by atoms with Gasteiger partial charge in [0, 0.05) is 6.07 Å². The molecule has 3 rings (SSSR count). The van der Waals surface area contributed by atoms with E-state index in [2.05, 4.69) is 0 Å². The Morgan fingerprint density at radius 1 is 0.886 bits per heavy atom. The van der Waals surface area contributed by atoms with E-state index in [9.17, 15) is 50.8 Å². The van der Waals surface area contributed by atoms with E-state index in [0.29, 0.717) is 0 Å². The molecule has 0 spiro atoms. The van der Waals surface area contributed by atoms with E-state index in [1.54, 1.807) is 0 Å². The van der Waals surface area contributed by atoms with Gasteiger partial charge in [-0.2, -0.15) is 0 Å². The minimum Gasteiger partial charge on any atom is -0.508 e. The molecule has 1 heterocycles. The number of aliphatic hydroxyl groups is 8. The predicted octanol–water partition coefficient (Wildman–Crippen LogP) is -4.12. The minimum atomic E-state index is -1.95. The van der Waals surface area contributed by atoms with Gasteiger partial charge in [0.15, 0.2) is 12.4 Å². The topological polar surface area (TPSA) is 236 Å². The van der Waals surface area contributed by atoms with Gasteiger partial charge >= 0.3 is 5.97 Å². The van der Waals surface area contributed by atoms with Crippen LogP contribution in [0.5, 0.6) is 11.5 Å². The number of benzene rings is 1. The Morgan fingerprint density at radius 3 is 1.97 bits per heavy atom. The number of hydrogen-bond donors (Lipinski definition) is 9. The van der Waals surface area contributed by atoms with Crippen molar-refractivity contribution in [2.75, 3.05) is 13.7 Å². The average molecular weight is 506 g/mol. The normalized spacial score (nSPS) is 39.8. The molecule has 2 unspecified atom stereocenters. The molecule has 1 saturated carbocycles. The van der Waals surface area contributed by atoms with Gasteiger partial charge in [-0.05, 0) is 18.6 Å². The summed E-state index contributed by atoms with van der Waals surface area (Å²) < 4.78 is 21.1. The summed E-state index contributed by atoms with van der Waals surface area (Å²) in [7, 11) is 1.26. The molecule has 2 fully saturated rings. The lowest BCUT2D eigenvalue weighted by Crippen LogP contribution is -2.67. The monoisotopic (exact) mass is 506 g/mol. The number of aromatic hydroxyl groups is 1. The lowest BCUT2D eigenvalue weighted by molar-refractivity contribution is -0.338. The van der Waals surface area contributed by atoms with Crippen LogP contribution in [0.25, 0.3) is 0 Å². The minimum absolute atomic E-state index is 0.0272. The van der Waals surface area contributed by atoms with Gasteiger partial charge < -0.3 is 64.9 Å². The number of esters is 1. The molecule has 0 bridgehead atoms. The highest BCUT2D eigenvalue weighted by molar-refractivity contribution is 5.94. The number of hydrogen-bond acceptors (Lipinski definition) is 14. The maximum Gasteiger partial charge on any atom is 0.342 e. The quantitative estimate of drug-likeness (QED) is 0.167. The fourth-order valence-corrected chi connectivity index (χ4v) is 4.16. The van der Waals surface area contributed by atoms with E-state index in [1.807, 2.05) is 0 Å². The van der Waals surface area contributed by atoms with E-state index < -0.39 is 79.9 Å². The second kappa shape index (κ2) is 10.9. The molecular weight excluding hydrogens is 476 g/mol. The Kier molecular flexibility index (Phi) is 8.54. The Labute approximate surface area is 199 Å². The van der Waals surface area contributed by atoms with Gasteiger partial charge in [-0.1, -0.05) is 0 Å². The first-order valence-corrected chi connectivity index (χ1v) is 10.7. The van der Waals surface area contributed by atoms with Crippen LogP contribution in [0.15, 0.2) is 12.1 Å². The molecule has 198 valence electrons. The van der Waals surface area contributed by atoms with Crippen LogP contribution in [0.4, 0.5) is 0 Å². The second-order valence-corrected chi connectivity index (χ2v) is 8.47. The summed E-state index contributed by atoms with van der Waals surface area (Å²) >= 11 is 0. The Balaban J connectivity index is 1.78. The van der Waals surface area contributed by atoms with Crippen LogP contribution in [0, 0.1) is 6.92 Å². The van der Waals surface area contributed by atoms with Crippen molar-refractivity contribution in [1.29, 1.82) is 0 Å². The number of phenols is 1. The van der Waals surface area contributed by atoms with Gasteiger partial charge in [0.05, 0.1) is 13.7 Å². The van der Waals surface area contributed by atoms with E-state index in [-0.39, 0.29) is 22.6 Å². The third-order valence-electron chi connectivity index (χ3n) is 6.14. The van der Waals surface area contributed by atoms with Crippen molar-refractivity contribution >= 4 is 5.97 Å². The standard InChI is InChI=1S/C21H30O14/c1-6-3-7(23)4-8(32-2)10(6)20(31)34-18-9(5-22)33-21(17(30)16(18)29)35-19-14(27)12(25)11(24)13(26)15(19)28/h3-4,9,11-19,21-30H,5H2,1-2H3/t9-,11?,12-,13+,14-,15+,16-,17-,18-,19?,21+/m0/s1. The first kappa shape index (κ1) is 27.5. The van der Waals surface area contributed by atoms with Gasteiger partial charge in [-0.25, -0.2) is 4.79 Å². The van der Waals surface area contributed by atoms with E-state index in [0.717, 1.165) is 0 Å². The molecule has 1 aliphatic heterocycles. The van der Waals surface area contributed by atoms with E-state index in [1.165, 1.54) is 26.2 Å². The molecule has 0 radical (unpaired) electrons. The van der Waals surface area contributed by atoms with Gasteiger partial charge in [0.25, 0.3) is 0 Å². The van der Waals surface area contributed by atoms with Gasteiger partial charge in [0.2, 0.25) is 0 Å². The summed E-state index contributed by atoms with van der Waals surface area (Å²) in [5.74, 6) is -1.22. The zero-order valence-electron chi connectivity index (χ0n) is 18.8. The van der Waals surface area contributed by atoms with Crippen molar-refractivity contribution in [3.8, 4) is 11.5 Å². The molecule has 1 aliphatic carbocycles. The lowest BCUT2D eigenvalue weighted by atomic mass is 9.84. The van der Waals surface area contributed by atoms with Crippen LogP contribution in [0.1, 0.15) is 15.9 Å². The summed E-state index contributed by atoms with van der Waals surface area (Å²) in [6.45, 7) is 0.669. The molecule has 2 aliphatic rings. The molecule has 1 aromatic carbocycles. The molecule has 1 saturated heterocycles. The number of ether oxygens (including phenoxy) is 4. The predicted molar refractivity (Wildman–Crippen MR) is 111 cm³/mol. The summed E-state index contributed by atoms with van der Waals surface area (Å²) in [4.78, 5) is 12.8. The Hall–Kier alpha value is -2.11. The molecule has 11 atom stereocenters. The SMILES string of the molecule is COc1cc(O)cc(C)c1C(=O)O[C@@H]1[C@@H](O)[C@H](O)[C@@H](OC2[C@@H](O)[C@@H](O)C(O)[C@@H](O)[C@H]2O)O[C@H]1CO. The number of aryl methyl sites for hydroxylation is 1. The largest absolute Gasteiger partial charge is 0.508 e. The van der Waals surface area contributed by atoms with Gasteiger partial charge in [-0.15, -0.1) is 0 Å². The van der Waals surface area contributed by atoms with Crippen molar-refractivity contribution in [2.45, 2.75) is 74.3 Å². The van der Waals surface area contributed by atoms with E-state index in [4.69, 9.17) is 18.9 Å². The smallest absolute Gasteiger partial charge is 0.342 e. The van der Waals surface area contributed by atoms with Crippen molar-refractivity contribution in [3.05, 3.63) is 23.3 Å². The van der Waals surface area contributed by atoms with Crippen molar-refractivity contribution < 1.29 is 69.7 Å². The zero-order valence-corrected chi connectivity index (χ0v) is 18.8. The Bertz CT molecular complexity index is 877. The fraction of sp³-hybridized carbons (Fsp3) is 0.667. The number of aliphatic hydroxyl groups excluding tert-OH is 8. The van der Waals surface area contributed by atoms with Crippen LogP contribution in [0.3, 0.4) is 0 Å². The number of phenolic OH excluding ortho intramolecular Hbond substituents is 1. The first-order chi connectivity index (χ1) is 16.4. The molecule has 9 N–H and O–H groups in total. The molecule has 1 aromatic rings. The summed E-state index contributed by atoms with van der Waals surface area (Å²) in [6, 6.07) is 2.44. The maximum atomic E-state index is 12.8. The highest BCUT2D eigenvalue weighted by Gasteiger charge is 2.53. The van der Waals surface area contributed by atoms with Crippen molar-refractivity contribution in [1.82, 2.24) is 0 Å². The summed E-state index contributed by atoms with van der Waals surface area (Å²) in [5, 5.41) is 90.3. The molecule has 0 aromatic heterocycles. The molecule has 14 heteroatoms. The van der Waals surface area contributed by atoms with Crippen LogP contribution in [-0.2, 0) is 14.2 Å². The van der Waals surface area contributed by atoms with Crippen molar-refractivity contribution in [2.24, 2.45) is 0 Å². The highest BCUT2D eigenvalue weighted by Crippen LogP contribution is 2.32. The highest BCUT2D eigenvalue weighted by atomic mass is 16.7. The Morgan fingerprint density at radius 2 is 1.43 bits per heavy atom. The number of carbonyl (C=O) groups is 1. The van der Waals surface area contributed by atoms with Crippen LogP contribution in [-0.4, -0.2) is 133 Å². The first-order valence-electron chi connectivity index (χ1n) is 10.7. The van der Waals surface area contributed by atoms with E-state index >= 15 is 0 Å². The average Bonchev–Trinajstić information content (AvgIpc) is 2.82. The molecule has 14 nitrogen and oxygen atoms in total. The maximum absolute atomic E-state index is 12.8. The van der Waals surface area contributed by atoms with Gasteiger partial charge in [-0.3, -0.25) is 0 Å². The van der Waals surface area contributed by atoms with Gasteiger partial charge in [0.1, 0.15) is 72.0 Å². The summed E-state index contributed by atoms with van der Waals surface area (Å²) in [5.41, 5.74) is 0.192. The van der Waals surface area contributed by atoms with Crippen LogP contribution < -0.4 is 4.74 Å². The lowest BCUT2D eigenvalue weighted by Gasteiger charge is -2.46.